The van der Waals surface area contributed by atoms with Crippen molar-refractivity contribution in [2.24, 2.45) is 5.92 Å². The number of benzene rings is 3. The highest BCUT2D eigenvalue weighted by Gasteiger charge is 2.42. The highest BCUT2D eigenvalue weighted by atomic mass is 16.5. The van der Waals surface area contributed by atoms with Gasteiger partial charge in [-0.25, -0.2) is 0 Å². The number of amides is 2. The summed E-state index contributed by atoms with van der Waals surface area (Å²) in [6.45, 7) is 0. The van der Waals surface area contributed by atoms with Crippen molar-refractivity contribution in [3.8, 4) is 28.7 Å². The molecule has 1 N–H and O–H groups in total. The molecule has 3 aromatic carbocycles. The Bertz CT molecular complexity index is 1270. The second-order valence-corrected chi connectivity index (χ2v) is 8.70. The lowest BCUT2D eigenvalue weighted by molar-refractivity contribution is -0.125. The fourth-order valence-electron chi connectivity index (χ4n) is 4.83. The first-order chi connectivity index (χ1) is 18.4. The molecule has 4 rings (SSSR count). The normalized spacial score (nSPS) is 17.0. The molecule has 1 fully saturated rings. The standard InChI is InChI=1S/C29H32N2O7/c1-34-20-12-10-18(11-13-20)27-21(29(33)30-22-8-6-7-9-23(22)35-2)14-15-26(32)31(27)19-16-24(36-3)28(38-5)25(17-19)37-4/h6-13,16-17,21,27H,14-15H2,1-5H3,(H,30,33)/t21-,27+/m0/s1. The topological polar surface area (TPSA) is 95.6 Å². The van der Waals surface area contributed by atoms with Crippen LogP contribution in [0.4, 0.5) is 11.4 Å². The van der Waals surface area contributed by atoms with Crippen LogP contribution in [0.2, 0.25) is 0 Å². The third-order valence-corrected chi connectivity index (χ3v) is 6.68. The third-order valence-electron chi connectivity index (χ3n) is 6.68. The molecule has 0 aliphatic carbocycles. The van der Waals surface area contributed by atoms with Gasteiger partial charge in [-0.15, -0.1) is 0 Å². The van der Waals surface area contributed by atoms with Crippen molar-refractivity contribution in [1.82, 2.24) is 0 Å². The number of ether oxygens (including phenoxy) is 5. The largest absolute Gasteiger partial charge is 0.497 e. The number of hydrogen-bond donors (Lipinski definition) is 1. The number of carbonyl (C=O) groups is 2. The smallest absolute Gasteiger partial charge is 0.230 e. The Morgan fingerprint density at radius 2 is 1.45 bits per heavy atom. The average Bonchev–Trinajstić information content (AvgIpc) is 2.96. The van der Waals surface area contributed by atoms with Crippen LogP contribution < -0.4 is 33.9 Å². The number of methoxy groups -OCH3 is 5. The maximum atomic E-state index is 13.8. The SMILES string of the molecule is COc1ccc([C@@H]2[C@@H](C(=O)Nc3ccccc3OC)CCC(=O)N2c2cc(OC)c(OC)c(OC)c2)cc1. The molecule has 1 saturated heterocycles. The van der Waals surface area contributed by atoms with Gasteiger partial charge in [-0.3, -0.25) is 9.59 Å². The zero-order valence-corrected chi connectivity index (χ0v) is 22.1. The first kappa shape index (κ1) is 26.7. The van der Waals surface area contributed by atoms with Crippen molar-refractivity contribution in [3.05, 3.63) is 66.2 Å². The summed E-state index contributed by atoms with van der Waals surface area (Å²) in [5, 5.41) is 3.01. The molecule has 200 valence electrons. The van der Waals surface area contributed by atoms with Gasteiger partial charge in [0.1, 0.15) is 11.5 Å². The second kappa shape index (κ2) is 11.8. The van der Waals surface area contributed by atoms with Crippen LogP contribution in [0.3, 0.4) is 0 Å². The minimum atomic E-state index is -0.611. The molecular formula is C29H32N2O7. The molecule has 2 amide bonds. The Balaban J connectivity index is 1.82. The maximum absolute atomic E-state index is 13.8. The summed E-state index contributed by atoms with van der Waals surface area (Å²) in [5.74, 6) is 1.54. The Labute approximate surface area is 222 Å². The van der Waals surface area contributed by atoms with Gasteiger partial charge >= 0.3 is 0 Å². The molecule has 9 heteroatoms. The third kappa shape index (κ3) is 5.18. The van der Waals surface area contributed by atoms with E-state index in [0.29, 0.717) is 46.5 Å². The Morgan fingerprint density at radius 1 is 0.816 bits per heavy atom. The van der Waals surface area contributed by atoms with Crippen LogP contribution in [-0.4, -0.2) is 47.4 Å². The fourth-order valence-corrected chi connectivity index (χ4v) is 4.83. The predicted molar refractivity (Wildman–Crippen MR) is 144 cm³/mol. The first-order valence-corrected chi connectivity index (χ1v) is 12.2. The maximum Gasteiger partial charge on any atom is 0.230 e. The van der Waals surface area contributed by atoms with E-state index in [2.05, 4.69) is 5.32 Å². The van der Waals surface area contributed by atoms with E-state index in [0.717, 1.165) is 5.56 Å². The molecule has 1 aliphatic rings. The number of rotatable bonds is 9. The molecule has 9 nitrogen and oxygen atoms in total. The van der Waals surface area contributed by atoms with Gasteiger partial charge in [0.25, 0.3) is 0 Å². The molecule has 3 aromatic rings. The molecule has 0 spiro atoms. The molecule has 0 bridgehead atoms. The van der Waals surface area contributed by atoms with Crippen molar-refractivity contribution in [3.63, 3.8) is 0 Å². The zero-order valence-electron chi connectivity index (χ0n) is 22.1. The van der Waals surface area contributed by atoms with Gasteiger partial charge in [-0.05, 0) is 36.2 Å². The van der Waals surface area contributed by atoms with Crippen LogP contribution in [0.1, 0.15) is 24.4 Å². The highest BCUT2D eigenvalue weighted by molar-refractivity contribution is 6.01. The van der Waals surface area contributed by atoms with Crippen molar-refractivity contribution in [2.75, 3.05) is 45.8 Å². The summed E-state index contributed by atoms with van der Waals surface area (Å²) >= 11 is 0. The monoisotopic (exact) mass is 520 g/mol. The molecular weight excluding hydrogens is 488 g/mol. The van der Waals surface area contributed by atoms with E-state index >= 15 is 0 Å². The molecule has 1 heterocycles. The lowest BCUT2D eigenvalue weighted by Gasteiger charge is -2.41. The predicted octanol–water partition coefficient (Wildman–Crippen LogP) is 4.85. The van der Waals surface area contributed by atoms with Gasteiger partial charge in [0.05, 0.1) is 58.9 Å². The van der Waals surface area contributed by atoms with E-state index in [1.165, 1.54) is 21.3 Å². The number of para-hydroxylation sites is 2. The van der Waals surface area contributed by atoms with E-state index in [1.807, 2.05) is 36.4 Å². The number of nitrogens with one attached hydrogen (secondary N) is 1. The molecule has 0 radical (unpaired) electrons. The molecule has 2 atom stereocenters. The summed E-state index contributed by atoms with van der Waals surface area (Å²) in [4.78, 5) is 28.9. The van der Waals surface area contributed by atoms with Gasteiger partial charge in [0, 0.05) is 18.6 Å². The fraction of sp³-hybridized carbons (Fsp3) is 0.310. The van der Waals surface area contributed by atoms with E-state index in [9.17, 15) is 9.59 Å². The van der Waals surface area contributed by atoms with Gasteiger partial charge in [0.2, 0.25) is 17.6 Å². The van der Waals surface area contributed by atoms with Crippen LogP contribution in [0.25, 0.3) is 0 Å². The van der Waals surface area contributed by atoms with Crippen LogP contribution in [-0.2, 0) is 9.59 Å². The lowest BCUT2D eigenvalue weighted by atomic mass is 9.83. The number of piperidine rings is 1. The number of nitrogens with zero attached hydrogens (tertiary/aromatic N) is 1. The van der Waals surface area contributed by atoms with E-state index in [4.69, 9.17) is 23.7 Å². The van der Waals surface area contributed by atoms with Crippen LogP contribution in [0, 0.1) is 5.92 Å². The molecule has 0 aromatic heterocycles. The summed E-state index contributed by atoms with van der Waals surface area (Å²) in [6.07, 6.45) is 0.560. The first-order valence-electron chi connectivity index (χ1n) is 12.2. The van der Waals surface area contributed by atoms with E-state index in [-0.39, 0.29) is 18.2 Å². The van der Waals surface area contributed by atoms with Gasteiger partial charge in [0.15, 0.2) is 11.5 Å². The van der Waals surface area contributed by atoms with E-state index in [1.54, 1.807) is 43.4 Å². The summed E-state index contributed by atoms with van der Waals surface area (Å²) in [7, 11) is 7.69. The van der Waals surface area contributed by atoms with Crippen molar-refractivity contribution >= 4 is 23.2 Å². The molecule has 0 unspecified atom stereocenters. The van der Waals surface area contributed by atoms with E-state index < -0.39 is 12.0 Å². The van der Waals surface area contributed by atoms with Crippen LogP contribution in [0.5, 0.6) is 28.7 Å². The highest BCUT2D eigenvalue weighted by Crippen LogP contribution is 2.46. The minimum absolute atomic E-state index is 0.124. The summed E-state index contributed by atoms with van der Waals surface area (Å²) < 4.78 is 27.3. The zero-order chi connectivity index (χ0) is 27.2. The molecule has 1 aliphatic heterocycles. The number of hydrogen-bond acceptors (Lipinski definition) is 7. The Kier molecular flexibility index (Phi) is 8.25. The lowest BCUT2D eigenvalue weighted by Crippen LogP contribution is -2.47. The van der Waals surface area contributed by atoms with Crippen molar-refractivity contribution in [2.45, 2.75) is 18.9 Å². The van der Waals surface area contributed by atoms with Gasteiger partial charge in [-0.2, -0.15) is 0 Å². The summed E-state index contributed by atoms with van der Waals surface area (Å²) in [6, 6.07) is 17.4. The Hall–Kier alpha value is -4.40. The van der Waals surface area contributed by atoms with Gasteiger partial charge < -0.3 is 33.9 Å². The Morgan fingerprint density at radius 3 is 2.03 bits per heavy atom. The molecule has 38 heavy (non-hydrogen) atoms. The van der Waals surface area contributed by atoms with Crippen molar-refractivity contribution in [1.29, 1.82) is 0 Å². The quantitative estimate of drug-likeness (QED) is 0.431. The molecule has 0 saturated carbocycles. The number of anilines is 2. The second-order valence-electron chi connectivity index (χ2n) is 8.70. The minimum Gasteiger partial charge on any atom is -0.497 e. The average molecular weight is 521 g/mol. The van der Waals surface area contributed by atoms with Crippen LogP contribution in [0.15, 0.2) is 60.7 Å². The number of carbonyl (C=O) groups excluding carboxylic acids is 2. The van der Waals surface area contributed by atoms with Crippen LogP contribution >= 0.6 is 0 Å². The van der Waals surface area contributed by atoms with Crippen molar-refractivity contribution < 1.29 is 33.3 Å². The van der Waals surface area contributed by atoms with Gasteiger partial charge in [-0.1, -0.05) is 24.3 Å². The summed E-state index contributed by atoms with van der Waals surface area (Å²) in [5.41, 5.74) is 1.87.